The quantitative estimate of drug-likeness (QED) is 0.684. The van der Waals surface area contributed by atoms with Crippen LogP contribution in [-0.4, -0.2) is 15.2 Å². The molecule has 1 heterocycles. The van der Waals surface area contributed by atoms with E-state index in [1.54, 1.807) is 6.92 Å². The Hall–Kier alpha value is -2.06. The molecule has 1 unspecified atom stereocenters. The number of benzene rings is 1. The van der Waals surface area contributed by atoms with Crippen molar-refractivity contribution in [1.29, 1.82) is 5.26 Å². The molecule has 5 heteroatoms. The van der Waals surface area contributed by atoms with E-state index in [-0.39, 0.29) is 5.56 Å². The number of thioether (sulfide) groups is 1. The molecular formula is C18H21N3OS. The number of H-pyrrole nitrogens is 1. The van der Waals surface area contributed by atoms with Crippen molar-refractivity contribution in [1.82, 2.24) is 9.97 Å². The van der Waals surface area contributed by atoms with Gasteiger partial charge in [-0.3, -0.25) is 4.79 Å². The molecule has 4 nitrogen and oxygen atoms in total. The Kier molecular flexibility index (Phi) is 5.27. The molecule has 0 aliphatic heterocycles. The van der Waals surface area contributed by atoms with Crippen molar-refractivity contribution in [2.45, 2.75) is 50.9 Å². The number of aromatic amines is 1. The van der Waals surface area contributed by atoms with Gasteiger partial charge in [0, 0.05) is 10.8 Å². The predicted molar refractivity (Wildman–Crippen MR) is 94.0 cm³/mol. The van der Waals surface area contributed by atoms with E-state index < -0.39 is 5.92 Å². The monoisotopic (exact) mass is 327 g/mol. The molecule has 0 aliphatic rings. The molecule has 0 aliphatic carbocycles. The lowest BCUT2D eigenvalue weighted by molar-refractivity contribution is 0.818. The predicted octanol–water partition coefficient (Wildman–Crippen LogP) is 3.85. The number of rotatable bonds is 4. The molecule has 1 aromatic heterocycles. The summed E-state index contributed by atoms with van der Waals surface area (Å²) in [4.78, 5) is 19.6. The molecule has 1 N–H and O–H groups in total. The van der Waals surface area contributed by atoms with E-state index in [4.69, 9.17) is 0 Å². The smallest absolute Gasteiger partial charge is 0.254 e. The van der Waals surface area contributed by atoms with Gasteiger partial charge in [-0.1, -0.05) is 43.8 Å². The van der Waals surface area contributed by atoms with Crippen molar-refractivity contribution >= 4 is 11.8 Å². The third kappa shape index (κ3) is 3.65. The van der Waals surface area contributed by atoms with Crippen LogP contribution in [0.5, 0.6) is 0 Å². The Bertz CT molecular complexity index is 798. The van der Waals surface area contributed by atoms with Crippen LogP contribution in [0.4, 0.5) is 0 Å². The van der Waals surface area contributed by atoms with E-state index in [1.807, 2.05) is 45.9 Å². The van der Waals surface area contributed by atoms with Crippen molar-refractivity contribution in [3.63, 3.8) is 0 Å². The van der Waals surface area contributed by atoms with Gasteiger partial charge in [-0.05, 0) is 37.5 Å². The maximum Gasteiger partial charge on any atom is 0.254 e. The summed E-state index contributed by atoms with van der Waals surface area (Å²) in [6.45, 7) is 9.77. The normalized spacial score (nSPS) is 12.2. The third-order valence-corrected chi connectivity index (χ3v) is 4.64. The molecule has 1 aromatic carbocycles. The summed E-state index contributed by atoms with van der Waals surface area (Å²) in [7, 11) is 0. The zero-order valence-electron chi connectivity index (χ0n) is 14.1. The summed E-state index contributed by atoms with van der Waals surface area (Å²) in [6.07, 6.45) is 0. The first kappa shape index (κ1) is 17.3. The maximum absolute atomic E-state index is 12.2. The second kappa shape index (κ2) is 7.01. The molecule has 0 spiro atoms. The number of nitrogens with zero attached hydrogens (tertiary/aromatic N) is 2. The molecule has 2 aromatic rings. The van der Waals surface area contributed by atoms with E-state index in [1.165, 1.54) is 11.8 Å². The fourth-order valence-corrected chi connectivity index (χ4v) is 3.38. The first-order chi connectivity index (χ1) is 10.8. The number of nitrogens with one attached hydrogen (secondary N) is 1. The highest BCUT2D eigenvalue weighted by atomic mass is 32.2. The van der Waals surface area contributed by atoms with Crippen LogP contribution in [-0.2, 0) is 0 Å². The number of hydrogen-bond acceptors (Lipinski definition) is 4. The van der Waals surface area contributed by atoms with E-state index in [2.05, 4.69) is 16.0 Å². The molecule has 0 radical (unpaired) electrons. The number of aryl methyl sites for hydroxylation is 2. The van der Waals surface area contributed by atoms with Crippen molar-refractivity contribution in [3.05, 3.63) is 56.5 Å². The molecule has 1 atom stereocenters. The van der Waals surface area contributed by atoms with E-state index in [9.17, 15) is 10.1 Å². The summed E-state index contributed by atoms with van der Waals surface area (Å²) < 4.78 is 0. The average molecular weight is 327 g/mol. The van der Waals surface area contributed by atoms with Gasteiger partial charge in [-0.15, -0.1) is 0 Å². The van der Waals surface area contributed by atoms with Crippen LogP contribution >= 0.6 is 11.8 Å². The van der Waals surface area contributed by atoms with Crippen LogP contribution in [0.1, 0.15) is 47.7 Å². The van der Waals surface area contributed by atoms with Crippen molar-refractivity contribution in [3.8, 4) is 6.07 Å². The second-order valence-electron chi connectivity index (χ2n) is 5.92. The lowest BCUT2D eigenvalue weighted by Crippen LogP contribution is -2.19. The topological polar surface area (TPSA) is 69.5 Å². The molecule has 2 rings (SSSR count). The minimum Gasteiger partial charge on any atom is -0.301 e. The maximum atomic E-state index is 12.2. The van der Waals surface area contributed by atoms with E-state index in [0.29, 0.717) is 21.7 Å². The standard InChI is InChI=1S/C18H21N3OS/c1-10(2)23-18-20-16(13(5)17(22)21-18)14(9-19)15-11(3)7-6-8-12(15)4/h6-8,10,14H,1-5H3,(H,20,21,22). The summed E-state index contributed by atoms with van der Waals surface area (Å²) in [5, 5.41) is 10.6. The Morgan fingerprint density at radius 3 is 2.35 bits per heavy atom. The average Bonchev–Trinajstić information content (AvgIpc) is 2.46. The van der Waals surface area contributed by atoms with Crippen LogP contribution in [0.15, 0.2) is 28.2 Å². The van der Waals surface area contributed by atoms with Gasteiger partial charge in [0.1, 0.15) is 5.92 Å². The highest BCUT2D eigenvalue weighted by Gasteiger charge is 2.23. The number of hydrogen-bond donors (Lipinski definition) is 1. The molecule has 0 bridgehead atoms. The Morgan fingerprint density at radius 1 is 1.22 bits per heavy atom. The SMILES string of the molecule is Cc1cccc(C)c1C(C#N)c1nc(SC(C)C)[nH]c(=O)c1C. The third-order valence-electron chi connectivity index (χ3n) is 3.75. The van der Waals surface area contributed by atoms with Gasteiger partial charge in [0.25, 0.3) is 5.56 Å². The molecule has 23 heavy (non-hydrogen) atoms. The highest BCUT2D eigenvalue weighted by Crippen LogP contribution is 2.30. The first-order valence-electron chi connectivity index (χ1n) is 7.58. The minimum atomic E-state index is -0.537. The van der Waals surface area contributed by atoms with Crippen LogP contribution in [0.2, 0.25) is 0 Å². The minimum absolute atomic E-state index is 0.176. The van der Waals surface area contributed by atoms with Crippen LogP contribution in [0, 0.1) is 32.1 Å². The van der Waals surface area contributed by atoms with Crippen LogP contribution < -0.4 is 5.56 Å². The van der Waals surface area contributed by atoms with Gasteiger partial charge >= 0.3 is 0 Å². The molecule has 0 amide bonds. The lowest BCUT2D eigenvalue weighted by Gasteiger charge is -2.17. The molecule has 0 saturated carbocycles. The largest absolute Gasteiger partial charge is 0.301 e. The van der Waals surface area contributed by atoms with E-state index in [0.717, 1.165) is 16.7 Å². The zero-order valence-corrected chi connectivity index (χ0v) is 14.9. The number of aromatic nitrogens is 2. The Balaban J connectivity index is 2.65. The number of nitriles is 1. The van der Waals surface area contributed by atoms with Gasteiger partial charge in [0.15, 0.2) is 5.16 Å². The van der Waals surface area contributed by atoms with Crippen molar-refractivity contribution in [2.75, 3.05) is 0 Å². The van der Waals surface area contributed by atoms with Gasteiger partial charge in [-0.25, -0.2) is 4.98 Å². The Morgan fingerprint density at radius 2 is 1.83 bits per heavy atom. The summed E-state index contributed by atoms with van der Waals surface area (Å²) in [5.74, 6) is -0.537. The van der Waals surface area contributed by atoms with Crippen molar-refractivity contribution < 1.29 is 0 Å². The van der Waals surface area contributed by atoms with Crippen LogP contribution in [0.25, 0.3) is 0 Å². The van der Waals surface area contributed by atoms with Crippen molar-refractivity contribution in [2.24, 2.45) is 0 Å². The fraction of sp³-hybridized carbons (Fsp3) is 0.389. The zero-order chi connectivity index (χ0) is 17.1. The molecule has 120 valence electrons. The van der Waals surface area contributed by atoms with E-state index >= 15 is 0 Å². The van der Waals surface area contributed by atoms with Gasteiger partial charge in [0.05, 0.1) is 11.8 Å². The molecular weight excluding hydrogens is 306 g/mol. The van der Waals surface area contributed by atoms with Gasteiger partial charge in [0.2, 0.25) is 0 Å². The van der Waals surface area contributed by atoms with Gasteiger partial charge in [-0.2, -0.15) is 5.26 Å². The molecule has 0 fully saturated rings. The summed E-state index contributed by atoms with van der Waals surface area (Å²) >= 11 is 1.49. The lowest BCUT2D eigenvalue weighted by atomic mass is 9.88. The Labute approximate surface area is 141 Å². The molecule has 0 saturated heterocycles. The fourth-order valence-electron chi connectivity index (χ4n) is 2.63. The van der Waals surface area contributed by atoms with Gasteiger partial charge < -0.3 is 4.98 Å². The first-order valence-corrected chi connectivity index (χ1v) is 8.46. The summed E-state index contributed by atoms with van der Waals surface area (Å²) in [6, 6.07) is 8.28. The second-order valence-corrected chi connectivity index (χ2v) is 7.48. The highest BCUT2D eigenvalue weighted by molar-refractivity contribution is 7.99. The van der Waals surface area contributed by atoms with Crippen LogP contribution in [0.3, 0.4) is 0 Å². The summed E-state index contributed by atoms with van der Waals surface area (Å²) in [5.41, 5.74) is 3.90.